The summed E-state index contributed by atoms with van der Waals surface area (Å²) in [6.07, 6.45) is 1.84. The highest BCUT2D eigenvalue weighted by Crippen LogP contribution is 2.19. The van der Waals surface area contributed by atoms with Gasteiger partial charge in [0.2, 0.25) is 0 Å². The molecule has 0 aromatic rings. The lowest BCUT2D eigenvalue weighted by Gasteiger charge is -2.11. The molecule has 58 valence electrons. The highest BCUT2D eigenvalue weighted by atomic mass is 16.4. The number of amides is 1. The molecule has 1 aliphatic rings. The highest BCUT2D eigenvalue weighted by molar-refractivity contribution is 5.68. The standard InChI is InChI=1S/C7H8N2O2/c8-4-3-6-2-1-5-9(6)7(10)11/h3H,1-2,5H2,(H,10,11). The molecule has 0 saturated carbocycles. The van der Waals surface area contributed by atoms with Crippen molar-refractivity contribution in [2.75, 3.05) is 6.54 Å². The fourth-order valence-electron chi connectivity index (χ4n) is 1.14. The lowest BCUT2D eigenvalue weighted by Crippen LogP contribution is -2.23. The molecule has 1 aliphatic heterocycles. The van der Waals surface area contributed by atoms with E-state index >= 15 is 0 Å². The molecular formula is C7H8N2O2. The summed E-state index contributed by atoms with van der Waals surface area (Å²) in [5, 5.41) is 16.9. The van der Waals surface area contributed by atoms with Gasteiger partial charge in [-0.2, -0.15) is 5.26 Å². The molecular weight excluding hydrogens is 144 g/mol. The van der Waals surface area contributed by atoms with Gasteiger partial charge in [-0.3, -0.25) is 4.90 Å². The maximum absolute atomic E-state index is 10.5. The van der Waals surface area contributed by atoms with Crippen LogP contribution in [0.3, 0.4) is 0 Å². The van der Waals surface area contributed by atoms with E-state index < -0.39 is 6.09 Å². The second kappa shape index (κ2) is 3.06. The summed E-state index contributed by atoms with van der Waals surface area (Å²) in [5.41, 5.74) is 0.611. The van der Waals surface area contributed by atoms with Crippen LogP contribution in [0.15, 0.2) is 11.8 Å². The molecule has 0 aliphatic carbocycles. The molecule has 0 spiro atoms. The number of carboxylic acid groups (broad SMARTS) is 1. The molecule has 4 nitrogen and oxygen atoms in total. The Balaban J connectivity index is 2.75. The van der Waals surface area contributed by atoms with E-state index in [1.54, 1.807) is 0 Å². The van der Waals surface area contributed by atoms with Crippen LogP contribution < -0.4 is 0 Å². The Morgan fingerprint density at radius 3 is 3.09 bits per heavy atom. The predicted octanol–water partition coefficient (Wildman–Crippen LogP) is 1.17. The van der Waals surface area contributed by atoms with Crippen molar-refractivity contribution in [1.29, 1.82) is 5.26 Å². The van der Waals surface area contributed by atoms with Crippen LogP contribution in [0.5, 0.6) is 0 Å². The van der Waals surface area contributed by atoms with E-state index in [-0.39, 0.29) is 0 Å². The average Bonchev–Trinajstić information content (AvgIpc) is 2.36. The number of likely N-dealkylation sites (tertiary alicyclic amines) is 1. The predicted molar refractivity (Wildman–Crippen MR) is 37.7 cm³/mol. The fourth-order valence-corrected chi connectivity index (χ4v) is 1.14. The second-order valence-electron chi connectivity index (χ2n) is 2.30. The largest absolute Gasteiger partial charge is 0.465 e. The Labute approximate surface area is 64.3 Å². The summed E-state index contributed by atoms with van der Waals surface area (Å²) in [5.74, 6) is 0. The van der Waals surface area contributed by atoms with E-state index in [0.29, 0.717) is 18.7 Å². The number of carbonyl (C=O) groups is 1. The second-order valence-corrected chi connectivity index (χ2v) is 2.30. The van der Waals surface area contributed by atoms with Crippen LogP contribution in [0.4, 0.5) is 4.79 Å². The molecule has 1 fully saturated rings. The lowest BCUT2D eigenvalue weighted by atomic mass is 10.3. The van der Waals surface area contributed by atoms with Crippen LogP contribution >= 0.6 is 0 Å². The monoisotopic (exact) mass is 152 g/mol. The van der Waals surface area contributed by atoms with E-state index in [1.165, 1.54) is 11.0 Å². The van der Waals surface area contributed by atoms with Crippen LogP contribution in [0.25, 0.3) is 0 Å². The van der Waals surface area contributed by atoms with Crippen molar-refractivity contribution in [2.45, 2.75) is 12.8 Å². The summed E-state index contributed by atoms with van der Waals surface area (Å²) >= 11 is 0. The number of hydrogen-bond donors (Lipinski definition) is 1. The topological polar surface area (TPSA) is 64.3 Å². The van der Waals surface area contributed by atoms with Gasteiger partial charge in [-0.15, -0.1) is 0 Å². The van der Waals surface area contributed by atoms with Crippen LogP contribution in [0.1, 0.15) is 12.8 Å². The first-order valence-corrected chi connectivity index (χ1v) is 3.35. The molecule has 0 bridgehead atoms. The lowest BCUT2D eigenvalue weighted by molar-refractivity contribution is 0.164. The van der Waals surface area contributed by atoms with Gasteiger partial charge in [0.15, 0.2) is 0 Å². The zero-order valence-corrected chi connectivity index (χ0v) is 5.95. The first kappa shape index (κ1) is 7.61. The number of nitriles is 1. The quantitative estimate of drug-likeness (QED) is 0.530. The van der Waals surface area contributed by atoms with E-state index in [9.17, 15) is 4.79 Å². The Bertz CT molecular complexity index is 239. The summed E-state index contributed by atoms with van der Waals surface area (Å²) in [6, 6.07) is 1.83. The number of allylic oxidation sites excluding steroid dienone is 2. The van der Waals surface area contributed by atoms with Gasteiger partial charge in [-0.05, 0) is 12.8 Å². The smallest absolute Gasteiger partial charge is 0.411 e. The van der Waals surface area contributed by atoms with Gasteiger partial charge in [0.25, 0.3) is 0 Å². The average molecular weight is 152 g/mol. The first-order chi connectivity index (χ1) is 5.25. The minimum absolute atomic E-state index is 0.517. The third kappa shape index (κ3) is 1.49. The summed E-state index contributed by atoms with van der Waals surface area (Å²) in [7, 11) is 0. The molecule has 1 amide bonds. The third-order valence-electron chi connectivity index (χ3n) is 1.62. The zero-order chi connectivity index (χ0) is 8.27. The van der Waals surface area contributed by atoms with E-state index in [4.69, 9.17) is 10.4 Å². The Kier molecular flexibility index (Phi) is 2.12. The zero-order valence-electron chi connectivity index (χ0n) is 5.95. The van der Waals surface area contributed by atoms with Gasteiger partial charge >= 0.3 is 6.09 Å². The van der Waals surface area contributed by atoms with Crippen molar-refractivity contribution in [1.82, 2.24) is 4.90 Å². The highest BCUT2D eigenvalue weighted by Gasteiger charge is 2.21. The summed E-state index contributed by atoms with van der Waals surface area (Å²) < 4.78 is 0. The molecule has 1 rings (SSSR count). The van der Waals surface area contributed by atoms with Crippen molar-refractivity contribution in [3.05, 3.63) is 11.8 Å². The number of rotatable bonds is 0. The molecule has 0 aromatic heterocycles. The van der Waals surface area contributed by atoms with Crippen LogP contribution in [0.2, 0.25) is 0 Å². The van der Waals surface area contributed by atoms with Gasteiger partial charge in [0.1, 0.15) is 0 Å². The van der Waals surface area contributed by atoms with Gasteiger partial charge in [0, 0.05) is 18.3 Å². The Morgan fingerprint density at radius 2 is 2.55 bits per heavy atom. The maximum Gasteiger partial charge on any atom is 0.411 e. The molecule has 0 atom stereocenters. The van der Waals surface area contributed by atoms with Crippen LogP contribution in [-0.2, 0) is 0 Å². The molecule has 0 unspecified atom stereocenters. The SMILES string of the molecule is N#CC=C1CCCN1C(=O)O. The van der Waals surface area contributed by atoms with Crippen LogP contribution in [0, 0.1) is 11.3 Å². The van der Waals surface area contributed by atoms with Crippen molar-refractivity contribution >= 4 is 6.09 Å². The number of hydrogen-bond acceptors (Lipinski definition) is 2. The Hall–Kier alpha value is -1.50. The van der Waals surface area contributed by atoms with Crippen molar-refractivity contribution < 1.29 is 9.90 Å². The molecule has 1 N–H and O–H groups in total. The van der Waals surface area contributed by atoms with Gasteiger partial charge in [-0.25, -0.2) is 4.79 Å². The maximum atomic E-state index is 10.5. The normalized spacial score (nSPS) is 20.3. The Morgan fingerprint density at radius 1 is 1.82 bits per heavy atom. The molecule has 0 radical (unpaired) electrons. The van der Waals surface area contributed by atoms with Gasteiger partial charge in [-0.1, -0.05) is 0 Å². The molecule has 1 saturated heterocycles. The van der Waals surface area contributed by atoms with Gasteiger partial charge in [0.05, 0.1) is 6.07 Å². The van der Waals surface area contributed by atoms with E-state index in [1.807, 2.05) is 6.07 Å². The third-order valence-corrected chi connectivity index (χ3v) is 1.62. The van der Waals surface area contributed by atoms with E-state index in [0.717, 1.165) is 6.42 Å². The molecule has 0 aromatic carbocycles. The minimum atomic E-state index is -0.969. The molecule has 4 heteroatoms. The van der Waals surface area contributed by atoms with E-state index in [2.05, 4.69) is 0 Å². The minimum Gasteiger partial charge on any atom is -0.465 e. The van der Waals surface area contributed by atoms with Crippen LogP contribution in [-0.4, -0.2) is 22.6 Å². The van der Waals surface area contributed by atoms with Crippen molar-refractivity contribution in [3.63, 3.8) is 0 Å². The number of nitrogens with zero attached hydrogens (tertiary/aromatic N) is 2. The van der Waals surface area contributed by atoms with Crippen molar-refractivity contribution in [2.24, 2.45) is 0 Å². The summed E-state index contributed by atoms with van der Waals surface area (Å²) in [6.45, 7) is 0.517. The van der Waals surface area contributed by atoms with Crippen molar-refractivity contribution in [3.8, 4) is 6.07 Å². The molecule has 11 heavy (non-hydrogen) atoms. The molecule has 1 heterocycles. The first-order valence-electron chi connectivity index (χ1n) is 3.35. The van der Waals surface area contributed by atoms with Gasteiger partial charge < -0.3 is 5.11 Å². The fraction of sp³-hybridized carbons (Fsp3) is 0.429. The summed E-state index contributed by atoms with van der Waals surface area (Å²) in [4.78, 5) is 11.7.